The molecule has 9 rings (SSSR count). The van der Waals surface area contributed by atoms with E-state index in [0.717, 1.165) is 61.2 Å². The maximum absolute atomic E-state index is 11.1. The van der Waals surface area contributed by atoms with E-state index in [4.69, 9.17) is 32.7 Å². The van der Waals surface area contributed by atoms with Crippen LogP contribution in [0.5, 0.6) is 23.0 Å². The van der Waals surface area contributed by atoms with Crippen molar-refractivity contribution in [2.45, 2.75) is 39.3 Å². The van der Waals surface area contributed by atoms with Crippen LogP contribution >= 0.6 is 23.2 Å². The zero-order valence-corrected chi connectivity index (χ0v) is 33.7. The molecule has 0 aliphatic rings. The summed E-state index contributed by atoms with van der Waals surface area (Å²) in [5.41, 5.74) is 8.42. The lowest BCUT2D eigenvalue weighted by Gasteiger charge is -2.16. The molecule has 59 heavy (non-hydrogen) atoms. The summed E-state index contributed by atoms with van der Waals surface area (Å²) in [5.74, 6) is 2.47. The van der Waals surface area contributed by atoms with Crippen molar-refractivity contribution >= 4 is 45.0 Å². The van der Waals surface area contributed by atoms with E-state index in [-0.39, 0.29) is 0 Å². The fraction of sp³-hybridized carbons (Fsp3) is 0.125. The molecule has 3 aromatic heterocycles. The van der Waals surface area contributed by atoms with Crippen LogP contribution in [-0.2, 0) is 19.5 Å². The Morgan fingerprint density at radius 2 is 1.29 bits per heavy atom. The zero-order valence-electron chi connectivity index (χ0n) is 32.2. The molecule has 0 aliphatic carbocycles. The Hall–Kier alpha value is -6.86. The first-order chi connectivity index (χ1) is 28.8. The monoisotopic (exact) mass is 813 g/mol. The molecule has 1 atom stereocenters. The van der Waals surface area contributed by atoms with Gasteiger partial charge in [-0.05, 0) is 96.3 Å². The molecule has 0 radical (unpaired) electrons. The molecular weight excluding hydrogens is 777 g/mol. The third-order valence-corrected chi connectivity index (χ3v) is 11.1. The minimum atomic E-state index is -0.724. The highest BCUT2D eigenvalue weighted by Gasteiger charge is 2.27. The smallest absolute Gasteiger partial charge is 0.178 e. The number of halogens is 2. The number of aromatic amines is 1. The first-order valence-corrected chi connectivity index (χ1v) is 19.9. The van der Waals surface area contributed by atoms with Gasteiger partial charge in [-0.1, -0.05) is 113 Å². The molecule has 0 saturated heterocycles. The van der Waals surface area contributed by atoms with E-state index in [1.165, 1.54) is 5.56 Å². The molecule has 1 unspecified atom stereocenters. The SMILES string of the molecule is Cc1c(Oc2cccc(C(C#N)c3cc(Cl)cc4c3c(Oc3cccc(Cc5nn[nH]n5)c3)c(C)n4Cc3ccccc3)c2)c2ccc(Cl)cc2n1Cc1ccccc1. The molecule has 0 amide bonds. The van der Waals surface area contributed by atoms with Crippen molar-refractivity contribution < 1.29 is 9.47 Å². The Bertz CT molecular complexity index is 2990. The number of fused-ring (bicyclic) bond motifs is 2. The number of nitrogens with one attached hydrogen (secondary N) is 1. The predicted molar refractivity (Wildman–Crippen MR) is 232 cm³/mol. The van der Waals surface area contributed by atoms with Crippen molar-refractivity contribution in [1.82, 2.24) is 29.8 Å². The first-order valence-electron chi connectivity index (χ1n) is 19.2. The Kier molecular flexibility index (Phi) is 10.3. The van der Waals surface area contributed by atoms with E-state index in [1.807, 2.05) is 122 Å². The second-order valence-corrected chi connectivity index (χ2v) is 15.4. The molecule has 0 bridgehead atoms. The van der Waals surface area contributed by atoms with E-state index in [1.54, 1.807) is 0 Å². The van der Waals surface area contributed by atoms with Gasteiger partial charge >= 0.3 is 0 Å². The van der Waals surface area contributed by atoms with Crippen molar-refractivity contribution in [3.63, 3.8) is 0 Å². The van der Waals surface area contributed by atoms with E-state index in [2.05, 4.69) is 67.0 Å². The van der Waals surface area contributed by atoms with Gasteiger partial charge in [-0.15, -0.1) is 10.2 Å². The van der Waals surface area contributed by atoms with E-state index in [9.17, 15) is 5.26 Å². The topological polar surface area (TPSA) is 107 Å². The van der Waals surface area contributed by atoms with Crippen LogP contribution in [0.15, 0.2) is 140 Å². The summed E-state index contributed by atoms with van der Waals surface area (Å²) in [5, 5.41) is 28.4. The lowest BCUT2D eigenvalue weighted by atomic mass is 9.90. The summed E-state index contributed by atoms with van der Waals surface area (Å²) in [6.07, 6.45) is 0.485. The van der Waals surface area contributed by atoms with Crippen molar-refractivity contribution in [3.8, 4) is 29.1 Å². The number of benzene rings is 6. The molecule has 9 nitrogen and oxygen atoms in total. The van der Waals surface area contributed by atoms with Crippen LogP contribution in [0.3, 0.4) is 0 Å². The van der Waals surface area contributed by atoms with Crippen LogP contribution in [0, 0.1) is 25.2 Å². The van der Waals surface area contributed by atoms with Gasteiger partial charge in [0.05, 0.1) is 34.4 Å². The van der Waals surface area contributed by atoms with Crippen molar-refractivity contribution in [1.29, 1.82) is 5.26 Å². The van der Waals surface area contributed by atoms with E-state index >= 15 is 0 Å². The number of rotatable bonds is 12. The van der Waals surface area contributed by atoms with Gasteiger partial charge in [-0.3, -0.25) is 0 Å². The second kappa shape index (κ2) is 16.2. The second-order valence-electron chi connectivity index (χ2n) is 14.5. The zero-order chi connectivity index (χ0) is 40.5. The van der Waals surface area contributed by atoms with Crippen molar-refractivity contribution in [2.75, 3.05) is 0 Å². The lowest BCUT2D eigenvalue weighted by molar-refractivity contribution is 0.479. The van der Waals surface area contributed by atoms with Crippen LogP contribution in [0.25, 0.3) is 21.8 Å². The maximum Gasteiger partial charge on any atom is 0.178 e. The maximum atomic E-state index is 11.1. The molecule has 0 saturated carbocycles. The molecule has 11 heteroatoms. The van der Waals surface area contributed by atoms with Crippen LogP contribution in [0.1, 0.15) is 50.9 Å². The average molecular weight is 815 g/mol. The number of H-pyrrole nitrogens is 1. The van der Waals surface area contributed by atoms with Crippen LogP contribution < -0.4 is 9.47 Å². The fourth-order valence-corrected chi connectivity index (χ4v) is 8.26. The number of tetrazole rings is 1. The Balaban J connectivity index is 1.13. The summed E-state index contributed by atoms with van der Waals surface area (Å²) in [4.78, 5) is 0. The normalized spacial score (nSPS) is 11.8. The molecule has 290 valence electrons. The molecule has 3 heterocycles. The molecular formula is C48H37Cl2N7O2. The molecule has 0 aliphatic heterocycles. The summed E-state index contributed by atoms with van der Waals surface area (Å²) in [6, 6.07) is 48.4. The van der Waals surface area contributed by atoms with Crippen LogP contribution in [-0.4, -0.2) is 29.8 Å². The van der Waals surface area contributed by atoms with Gasteiger partial charge in [-0.2, -0.15) is 10.5 Å². The first kappa shape index (κ1) is 37.7. The molecule has 0 fully saturated rings. The minimum Gasteiger partial charge on any atom is -0.455 e. The van der Waals surface area contributed by atoms with Gasteiger partial charge in [0, 0.05) is 40.3 Å². The van der Waals surface area contributed by atoms with Crippen molar-refractivity contribution in [3.05, 3.63) is 195 Å². The fourth-order valence-electron chi connectivity index (χ4n) is 7.87. The van der Waals surface area contributed by atoms with Crippen molar-refractivity contribution in [2.24, 2.45) is 0 Å². The third kappa shape index (κ3) is 7.64. The van der Waals surface area contributed by atoms with E-state index in [0.29, 0.717) is 52.6 Å². The summed E-state index contributed by atoms with van der Waals surface area (Å²) < 4.78 is 18.0. The summed E-state index contributed by atoms with van der Waals surface area (Å²) in [6.45, 7) is 5.33. The number of aromatic nitrogens is 6. The van der Waals surface area contributed by atoms with Crippen LogP contribution in [0.4, 0.5) is 0 Å². The standard InChI is InChI=1S/C48H37Cl2N7O2/c1-30-47(40-20-19-36(49)25-43(40)56(30)28-32-11-5-3-6-12-32)58-39-18-10-16-35(23-39)42(27-51)41-24-37(50)26-44-46(41)48(31(2)57(44)29-33-13-7-4-8-14-33)59-38-17-9-15-34(21-38)22-45-52-54-55-53-45/h3-21,23-26,42H,22,28-29H2,1-2H3,(H,52,53,54,55). The van der Waals surface area contributed by atoms with Gasteiger partial charge in [-0.25, -0.2) is 0 Å². The lowest BCUT2D eigenvalue weighted by Crippen LogP contribution is -2.03. The average Bonchev–Trinajstić information content (AvgIpc) is 3.92. The van der Waals surface area contributed by atoms with Gasteiger partial charge in [0.1, 0.15) is 11.5 Å². The molecule has 9 aromatic rings. The van der Waals surface area contributed by atoms with Gasteiger partial charge in [0.15, 0.2) is 17.3 Å². The third-order valence-electron chi connectivity index (χ3n) is 10.7. The summed E-state index contributed by atoms with van der Waals surface area (Å²) in [7, 11) is 0. The highest BCUT2D eigenvalue weighted by Crippen LogP contribution is 2.45. The largest absolute Gasteiger partial charge is 0.455 e. The number of ether oxygens (including phenoxy) is 2. The highest BCUT2D eigenvalue weighted by molar-refractivity contribution is 6.31. The number of hydrogen-bond donors (Lipinski definition) is 1. The molecule has 1 N–H and O–H groups in total. The Morgan fingerprint density at radius 1 is 0.661 bits per heavy atom. The van der Waals surface area contributed by atoms with E-state index < -0.39 is 5.92 Å². The molecule has 6 aromatic carbocycles. The predicted octanol–water partition coefficient (Wildman–Crippen LogP) is 12.0. The quantitative estimate of drug-likeness (QED) is 0.132. The highest BCUT2D eigenvalue weighted by atomic mass is 35.5. The Labute approximate surface area is 351 Å². The minimum absolute atomic E-state index is 0.485. The number of hydrogen-bond acceptors (Lipinski definition) is 6. The summed E-state index contributed by atoms with van der Waals surface area (Å²) >= 11 is 13.5. The number of nitriles is 1. The van der Waals surface area contributed by atoms with Gasteiger partial charge in [0.2, 0.25) is 0 Å². The van der Waals surface area contributed by atoms with Gasteiger partial charge < -0.3 is 18.6 Å². The van der Waals surface area contributed by atoms with Crippen LogP contribution in [0.2, 0.25) is 10.0 Å². The molecule has 0 spiro atoms. The number of nitrogens with zero attached hydrogens (tertiary/aromatic N) is 6. The van der Waals surface area contributed by atoms with Gasteiger partial charge in [0.25, 0.3) is 0 Å². The Morgan fingerprint density at radius 3 is 1.98 bits per heavy atom.